The van der Waals surface area contributed by atoms with Crippen molar-refractivity contribution < 1.29 is 22.5 Å². The SMILES string of the molecule is CCCCCCCCCCCCCCCCCCCCC(C(=O)OCCC)S(=O)(=O)O. The predicted octanol–water partition coefficient (Wildman–Crippen LogP) is 7.63. The van der Waals surface area contributed by atoms with Crippen molar-refractivity contribution in [1.29, 1.82) is 0 Å². The van der Waals surface area contributed by atoms with Crippen LogP contribution in [0.1, 0.15) is 142 Å². The van der Waals surface area contributed by atoms with Crippen LogP contribution in [0.2, 0.25) is 0 Å². The van der Waals surface area contributed by atoms with E-state index in [0.29, 0.717) is 12.8 Å². The summed E-state index contributed by atoms with van der Waals surface area (Å²) in [5.41, 5.74) is 0. The number of hydrogen-bond donors (Lipinski definition) is 1. The van der Waals surface area contributed by atoms with Crippen LogP contribution in [0.15, 0.2) is 0 Å². The van der Waals surface area contributed by atoms with Gasteiger partial charge in [0.15, 0.2) is 5.25 Å². The van der Waals surface area contributed by atoms with E-state index in [0.717, 1.165) is 19.3 Å². The normalized spacial score (nSPS) is 12.7. The van der Waals surface area contributed by atoms with Crippen LogP contribution in [0, 0.1) is 0 Å². The van der Waals surface area contributed by atoms with Crippen molar-refractivity contribution in [1.82, 2.24) is 0 Å². The maximum atomic E-state index is 11.8. The van der Waals surface area contributed by atoms with Crippen molar-refractivity contribution in [2.24, 2.45) is 0 Å². The van der Waals surface area contributed by atoms with Gasteiger partial charge in [0.2, 0.25) is 0 Å². The summed E-state index contributed by atoms with van der Waals surface area (Å²) in [7, 11) is -4.39. The first-order valence-electron chi connectivity index (χ1n) is 13.1. The summed E-state index contributed by atoms with van der Waals surface area (Å²) in [6.45, 7) is 4.29. The van der Waals surface area contributed by atoms with Crippen LogP contribution in [0.5, 0.6) is 0 Å². The van der Waals surface area contributed by atoms with Gasteiger partial charge in [-0.1, -0.05) is 129 Å². The molecule has 0 aliphatic heterocycles. The summed E-state index contributed by atoms with van der Waals surface area (Å²) in [4.78, 5) is 11.8. The molecule has 6 heteroatoms. The molecule has 0 radical (unpaired) electrons. The standard InChI is InChI=1S/C25H50O5S/c1-3-5-6-7-8-9-10-11-12-13-14-15-16-17-18-19-20-21-22-24(31(27,28)29)25(26)30-23-4-2/h24H,3-23H2,1-2H3,(H,27,28,29). The van der Waals surface area contributed by atoms with Crippen molar-refractivity contribution in [3.05, 3.63) is 0 Å². The molecule has 0 saturated carbocycles. The van der Waals surface area contributed by atoms with Gasteiger partial charge in [0.05, 0.1) is 6.61 Å². The number of rotatable bonds is 23. The molecule has 0 fully saturated rings. The van der Waals surface area contributed by atoms with E-state index in [9.17, 15) is 17.8 Å². The second-order valence-electron chi connectivity index (χ2n) is 8.97. The topological polar surface area (TPSA) is 80.7 Å². The molecule has 1 N–H and O–H groups in total. The monoisotopic (exact) mass is 462 g/mol. The van der Waals surface area contributed by atoms with Gasteiger partial charge in [-0.3, -0.25) is 9.35 Å². The Balaban J connectivity index is 3.48. The summed E-state index contributed by atoms with van der Waals surface area (Å²) in [6, 6.07) is 0. The molecular weight excluding hydrogens is 412 g/mol. The molecule has 1 atom stereocenters. The fraction of sp³-hybridized carbons (Fsp3) is 0.960. The van der Waals surface area contributed by atoms with E-state index in [1.54, 1.807) is 0 Å². The molecule has 0 rings (SSSR count). The molecule has 0 heterocycles. The number of carbonyl (C=O) groups excluding carboxylic acids is 1. The van der Waals surface area contributed by atoms with Crippen LogP contribution in [0.25, 0.3) is 0 Å². The lowest BCUT2D eigenvalue weighted by molar-refractivity contribution is -0.143. The average Bonchev–Trinajstić information content (AvgIpc) is 2.72. The van der Waals surface area contributed by atoms with E-state index in [4.69, 9.17) is 4.74 Å². The molecule has 0 amide bonds. The molecule has 0 aliphatic carbocycles. The summed E-state index contributed by atoms with van der Waals surface area (Å²) >= 11 is 0. The molecule has 0 aliphatic rings. The second-order valence-corrected chi connectivity index (χ2v) is 10.6. The van der Waals surface area contributed by atoms with Crippen LogP contribution in [0.4, 0.5) is 0 Å². The zero-order valence-electron chi connectivity index (χ0n) is 20.4. The van der Waals surface area contributed by atoms with Gasteiger partial charge in [-0.2, -0.15) is 8.42 Å². The third kappa shape index (κ3) is 19.8. The molecule has 0 aromatic rings. The fourth-order valence-electron chi connectivity index (χ4n) is 3.92. The summed E-state index contributed by atoms with van der Waals surface area (Å²) < 4.78 is 37.0. The number of ether oxygens (including phenoxy) is 1. The third-order valence-corrected chi connectivity index (χ3v) is 7.04. The van der Waals surface area contributed by atoms with Crippen LogP contribution >= 0.6 is 0 Å². The minimum atomic E-state index is -4.39. The Hall–Kier alpha value is -0.620. The maximum absolute atomic E-state index is 11.8. The van der Waals surface area contributed by atoms with Crippen molar-refractivity contribution in [3.8, 4) is 0 Å². The largest absolute Gasteiger partial charge is 0.465 e. The number of unbranched alkanes of at least 4 members (excludes halogenated alkanes) is 17. The second kappa shape index (κ2) is 21.2. The van der Waals surface area contributed by atoms with E-state index in [1.165, 1.54) is 89.9 Å². The maximum Gasteiger partial charge on any atom is 0.326 e. The molecule has 0 bridgehead atoms. The van der Waals surface area contributed by atoms with Gasteiger partial charge in [0, 0.05) is 0 Å². The smallest absolute Gasteiger partial charge is 0.326 e. The summed E-state index contributed by atoms with van der Waals surface area (Å²) in [5.74, 6) is -0.823. The first-order valence-corrected chi connectivity index (χ1v) is 14.6. The van der Waals surface area contributed by atoms with E-state index in [2.05, 4.69) is 6.92 Å². The Morgan fingerprint density at radius 2 is 1.00 bits per heavy atom. The highest BCUT2D eigenvalue weighted by Crippen LogP contribution is 2.16. The highest BCUT2D eigenvalue weighted by Gasteiger charge is 2.31. The molecule has 31 heavy (non-hydrogen) atoms. The van der Waals surface area contributed by atoms with Gasteiger partial charge in [-0.25, -0.2) is 0 Å². The molecule has 186 valence electrons. The fourth-order valence-corrected chi connectivity index (χ4v) is 4.69. The van der Waals surface area contributed by atoms with Gasteiger partial charge >= 0.3 is 5.97 Å². The predicted molar refractivity (Wildman–Crippen MR) is 130 cm³/mol. The van der Waals surface area contributed by atoms with Crippen LogP contribution in [-0.2, 0) is 19.6 Å². The van der Waals surface area contributed by atoms with Crippen LogP contribution in [-0.4, -0.2) is 30.8 Å². The van der Waals surface area contributed by atoms with E-state index in [1.807, 2.05) is 6.92 Å². The van der Waals surface area contributed by atoms with Crippen molar-refractivity contribution >= 4 is 16.1 Å². The Morgan fingerprint density at radius 3 is 1.32 bits per heavy atom. The summed E-state index contributed by atoms with van der Waals surface area (Å²) in [5, 5.41) is -1.43. The quantitative estimate of drug-likeness (QED) is 0.0959. The number of esters is 1. The lowest BCUT2D eigenvalue weighted by atomic mass is 10.0. The first kappa shape index (κ1) is 30.4. The highest BCUT2D eigenvalue weighted by molar-refractivity contribution is 7.87. The van der Waals surface area contributed by atoms with Crippen LogP contribution in [0.3, 0.4) is 0 Å². The number of carbonyl (C=O) groups is 1. The van der Waals surface area contributed by atoms with E-state index in [-0.39, 0.29) is 13.0 Å². The van der Waals surface area contributed by atoms with Crippen molar-refractivity contribution in [2.75, 3.05) is 6.61 Å². The van der Waals surface area contributed by atoms with Gasteiger partial charge in [-0.15, -0.1) is 0 Å². The zero-order valence-corrected chi connectivity index (χ0v) is 21.2. The third-order valence-electron chi connectivity index (χ3n) is 5.89. The summed E-state index contributed by atoms with van der Waals surface area (Å²) in [6.07, 6.45) is 23.5. The molecule has 0 saturated heterocycles. The van der Waals surface area contributed by atoms with Crippen molar-refractivity contribution in [2.45, 2.75) is 148 Å². The van der Waals surface area contributed by atoms with Gasteiger partial charge in [0.1, 0.15) is 0 Å². The first-order chi connectivity index (χ1) is 14.9. The average molecular weight is 463 g/mol. The molecule has 0 spiro atoms. The van der Waals surface area contributed by atoms with Crippen LogP contribution < -0.4 is 0 Å². The molecule has 0 aromatic carbocycles. The Kier molecular flexibility index (Phi) is 20.8. The zero-order chi connectivity index (χ0) is 23.2. The van der Waals surface area contributed by atoms with Gasteiger partial charge < -0.3 is 4.74 Å². The lowest BCUT2D eigenvalue weighted by Crippen LogP contribution is -2.31. The lowest BCUT2D eigenvalue weighted by Gasteiger charge is -2.12. The molecule has 1 unspecified atom stereocenters. The Morgan fingerprint density at radius 1 is 0.645 bits per heavy atom. The highest BCUT2D eigenvalue weighted by atomic mass is 32.2. The Labute approximate surface area is 192 Å². The van der Waals surface area contributed by atoms with Gasteiger partial charge in [0.25, 0.3) is 10.1 Å². The minimum absolute atomic E-state index is 0.139. The molecule has 0 aromatic heterocycles. The van der Waals surface area contributed by atoms with E-state index < -0.39 is 21.3 Å². The number of hydrogen-bond acceptors (Lipinski definition) is 4. The van der Waals surface area contributed by atoms with E-state index >= 15 is 0 Å². The van der Waals surface area contributed by atoms with Crippen molar-refractivity contribution in [3.63, 3.8) is 0 Å². The minimum Gasteiger partial charge on any atom is -0.465 e. The van der Waals surface area contributed by atoms with Gasteiger partial charge in [-0.05, 0) is 12.8 Å². The molecular formula is C25H50O5S. The molecule has 5 nitrogen and oxygen atoms in total. The Bertz CT molecular complexity index is 504.